The molecular weight excluding hydrogens is 276 g/mol. The fraction of sp³-hybridized carbons (Fsp3) is 0.533. The van der Waals surface area contributed by atoms with E-state index in [0.717, 1.165) is 19.5 Å². The highest BCUT2D eigenvalue weighted by atomic mass is 35.5. The third-order valence-electron chi connectivity index (χ3n) is 3.82. The fourth-order valence-corrected chi connectivity index (χ4v) is 2.63. The number of benzene rings is 1. The van der Waals surface area contributed by atoms with Crippen molar-refractivity contribution in [2.75, 3.05) is 19.6 Å². The van der Waals surface area contributed by atoms with Gasteiger partial charge in [-0.2, -0.15) is 0 Å². The van der Waals surface area contributed by atoms with E-state index in [4.69, 9.17) is 5.11 Å². The maximum atomic E-state index is 10.5. The van der Waals surface area contributed by atoms with Crippen LogP contribution in [0.5, 0.6) is 0 Å². The Morgan fingerprint density at radius 2 is 2.15 bits per heavy atom. The summed E-state index contributed by atoms with van der Waals surface area (Å²) in [6, 6.07) is 11.4. The van der Waals surface area contributed by atoms with Gasteiger partial charge in [0, 0.05) is 31.7 Å². The largest absolute Gasteiger partial charge is 0.481 e. The fourth-order valence-electron chi connectivity index (χ4n) is 2.63. The van der Waals surface area contributed by atoms with E-state index in [1.54, 1.807) is 0 Å². The van der Waals surface area contributed by atoms with Gasteiger partial charge >= 0.3 is 5.97 Å². The molecule has 0 aliphatic carbocycles. The second-order valence-corrected chi connectivity index (χ2v) is 5.17. The van der Waals surface area contributed by atoms with Crippen molar-refractivity contribution in [2.45, 2.75) is 31.8 Å². The maximum Gasteiger partial charge on any atom is 0.304 e. The van der Waals surface area contributed by atoms with Crippen LogP contribution in [0.3, 0.4) is 0 Å². The van der Waals surface area contributed by atoms with Gasteiger partial charge in [0.25, 0.3) is 0 Å². The van der Waals surface area contributed by atoms with E-state index in [9.17, 15) is 4.79 Å². The zero-order chi connectivity index (χ0) is 13.7. The molecule has 4 nitrogen and oxygen atoms in total. The molecule has 0 amide bonds. The minimum atomic E-state index is -0.736. The Balaban J connectivity index is 0.00000200. The van der Waals surface area contributed by atoms with Crippen LogP contribution in [0.15, 0.2) is 30.3 Å². The molecule has 0 radical (unpaired) electrons. The summed E-state index contributed by atoms with van der Waals surface area (Å²) in [5.41, 5.74) is 1.34. The number of carboxylic acid groups (broad SMARTS) is 1. The summed E-state index contributed by atoms with van der Waals surface area (Å²) in [5.74, 6) is -0.736. The first-order chi connectivity index (χ1) is 9.16. The summed E-state index contributed by atoms with van der Waals surface area (Å²) in [6.45, 7) is 4.86. The number of hydrogen-bond donors (Lipinski definition) is 2. The van der Waals surface area contributed by atoms with Crippen LogP contribution in [0.4, 0.5) is 0 Å². The first kappa shape index (κ1) is 17.0. The van der Waals surface area contributed by atoms with Crippen LogP contribution in [0.1, 0.15) is 31.4 Å². The van der Waals surface area contributed by atoms with Crippen molar-refractivity contribution < 1.29 is 9.90 Å². The minimum absolute atomic E-state index is 0. The van der Waals surface area contributed by atoms with E-state index in [0.29, 0.717) is 18.6 Å². The Morgan fingerprint density at radius 3 is 2.80 bits per heavy atom. The lowest BCUT2D eigenvalue weighted by Crippen LogP contribution is -2.34. The van der Waals surface area contributed by atoms with Gasteiger partial charge in [-0.3, -0.25) is 9.69 Å². The first-order valence-electron chi connectivity index (χ1n) is 6.91. The lowest BCUT2D eigenvalue weighted by molar-refractivity contribution is -0.136. The van der Waals surface area contributed by atoms with E-state index in [-0.39, 0.29) is 18.8 Å². The number of aliphatic carboxylic acids is 1. The molecule has 1 fully saturated rings. The monoisotopic (exact) mass is 298 g/mol. The number of carbonyl (C=O) groups is 1. The van der Waals surface area contributed by atoms with Gasteiger partial charge in [-0.05, 0) is 18.9 Å². The lowest BCUT2D eigenvalue weighted by atomic mass is 10.1. The van der Waals surface area contributed by atoms with Gasteiger partial charge in [0.1, 0.15) is 0 Å². The number of halogens is 1. The van der Waals surface area contributed by atoms with Crippen LogP contribution in [0, 0.1) is 0 Å². The average molecular weight is 299 g/mol. The molecule has 1 heterocycles. The van der Waals surface area contributed by atoms with E-state index in [2.05, 4.69) is 41.4 Å². The van der Waals surface area contributed by atoms with Crippen molar-refractivity contribution in [3.63, 3.8) is 0 Å². The zero-order valence-corrected chi connectivity index (χ0v) is 12.6. The van der Waals surface area contributed by atoms with E-state index < -0.39 is 5.97 Å². The Kier molecular flexibility index (Phi) is 6.99. The van der Waals surface area contributed by atoms with Gasteiger partial charge in [-0.15, -0.1) is 12.4 Å². The molecule has 5 heteroatoms. The summed E-state index contributed by atoms with van der Waals surface area (Å²) in [6.07, 6.45) is 1.29. The molecule has 0 saturated carbocycles. The molecule has 1 aliphatic rings. The topological polar surface area (TPSA) is 52.6 Å². The smallest absolute Gasteiger partial charge is 0.304 e. The highest BCUT2D eigenvalue weighted by Crippen LogP contribution is 2.24. The number of carboxylic acids is 1. The summed E-state index contributed by atoms with van der Waals surface area (Å²) >= 11 is 0. The number of hydrogen-bond acceptors (Lipinski definition) is 3. The molecule has 0 spiro atoms. The number of rotatable bonds is 6. The molecule has 1 aliphatic heterocycles. The minimum Gasteiger partial charge on any atom is -0.481 e. The van der Waals surface area contributed by atoms with Crippen molar-refractivity contribution in [2.24, 2.45) is 0 Å². The normalized spacial score (nSPS) is 20.4. The van der Waals surface area contributed by atoms with Gasteiger partial charge in [0.2, 0.25) is 0 Å². The molecule has 1 aromatic carbocycles. The van der Waals surface area contributed by atoms with Crippen LogP contribution in [-0.2, 0) is 4.79 Å². The zero-order valence-electron chi connectivity index (χ0n) is 11.8. The van der Waals surface area contributed by atoms with E-state index >= 15 is 0 Å². The average Bonchev–Trinajstić information content (AvgIpc) is 2.87. The van der Waals surface area contributed by atoms with E-state index in [1.165, 1.54) is 5.56 Å². The second-order valence-electron chi connectivity index (χ2n) is 5.17. The summed E-state index contributed by atoms with van der Waals surface area (Å²) in [4.78, 5) is 12.9. The second kappa shape index (κ2) is 8.25. The SMILES string of the molecule is CC(c1ccccc1)N1CCC(NCCC(=O)O)C1.Cl. The molecule has 1 saturated heterocycles. The molecule has 0 bridgehead atoms. The Bertz CT molecular complexity index is 414. The molecule has 112 valence electrons. The maximum absolute atomic E-state index is 10.5. The Morgan fingerprint density at radius 1 is 1.45 bits per heavy atom. The van der Waals surface area contributed by atoms with Crippen LogP contribution >= 0.6 is 12.4 Å². The van der Waals surface area contributed by atoms with Gasteiger partial charge < -0.3 is 10.4 Å². The van der Waals surface area contributed by atoms with E-state index in [1.807, 2.05) is 6.07 Å². The first-order valence-corrected chi connectivity index (χ1v) is 6.91. The predicted octanol–water partition coefficient (Wildman–Crippen LogP) is 2.31. The Hall–Kier alpha value is -1.10. The van der Waals surface area contributed by atoms with Gasteiger partial charge in [0.15, 0.2) is 0 Å². The number of likely N-dealkylation sites (tertiary alicyclic amines) is 1. The lowest BCUT2D eigenvalue weighted by Gasteiger charge is -2.24. The van der Waals surface area contributed by atoms with Gasteiger partial charge in [-0.1, -0.05) is 30.3 Å². The van der Waals surface area contributed by atoms with Gasteiger partial charge in [0.05, 0.1) is 6.42 Å². The number of nitrogens with one attached hydrogen (secondary N) is 1. The van der Waals surface area contributed by atoms with Crippen molar-refractivity contribution >= 4 is 18.4 Å². The summed E-state index contributed by atoms with van der Waals surface area (Å²) in [5, 5.41) is 12.0. The van der Waals surface area contributed by atoms with Crippen LogP contribution < -0.4 is 5.32 Å². The molecule has 2 N–H and O–H groups in total. The third-order valence-corrected chi connectivity index (χ3v) is 3.82. The highest BCUT2D eigenvalue weighted by Gasteiger charge is 2.26. The predicted molar refractivity (Wildman–Crippen MR) is 82.3 cm³/mol. The molecule has 20 heavy (non-hydrogen) atoms. The quantitative estimate of drug-likeness (QED) is 0.846. The Labute approximate surface area is 126 Å². The molecule has 1 aromatic rings. The summed E-state index contributed by atoms with van der Waals surface area (Å²) in [7, 11) is 0. The van der Waals surface area contributed by atoms with Crippen LogP contribution in [0.2, 0.25) is 0 Å². The molecule has 2 unspecified atom stereocenters. The highest BCUT2D eigenvalue weighted by molar-refractivity contribution is 5.85. The standard InChI is InChI=1S/C15H22N2O2.ClH/c1-12(13-5-3-2-4-6-13)17-10-8-14(11-17)16-9-7-15(18)19;/h2-6,12,14,16H,7-11H2,1H3,(H,18,19);1H. The molecule has 2 atom stereocenters. The molecule has 2 rings (SSSR count). The van der Waals surface area contributed by atoms with Crippen LogP contribution in [-0.4, -0.2) is 41.7 Å². The third kappa shape index (κ3) is 4.78. The molecular formula is C15H23ClN2O2. The van der Waals surface area contributed by atoms with Gasteiger partial charge in [-0.25, -0.2) is 0 Å². The van der Waals surface area contributed by atoms with Crippen LogP contribution in [0.25, 0.3) is 0 Å². The number of nitrogens with zero attached hydrogens (tertiary/aromatic N) is 1. The van der Waals surface area contributed by atoms with Crippen molar-refractivity contribution in [1.29, 1.82) is 0 Å². The molecule has 0 aromatic heterocycles. The van der Waals surface area contributed by atoms with Crippen molar-refractivity contribution in [1.82, 2.24) is 10.2 Å². The van der Waals surface area contributed by atoms with Crippen molar-refractivity contribution in [3.05, 3.63) is 35.9 Å². The van der Waals surface area contributed by atoms with Crippen molar-refractivity contribution in [3.8, 4) is 0 Å². The summed E-state index contributed by atoms with van der Waals surface area (Å²) < 4.78 is 0.